The number of benzene rings is 1. The highest BCUT2D eigenvalue weighted by atomic mass is 16.6. The van der Waals surface area contributed by atoms with Gasteiger partial charge in [-0.25, -0.2) is 4.79 Å². The number of nitrogens with zero attached hydrogens (tertiary/aromatic N) is 1. The lowest BCUT2D eigenvalue weighted by Crippen LogP contribution is -2.28. The molecule has 21 heavy (non-hydrogen) atoms. The molecule has 0 saturated carbocycles. The zero-order valence-corrected chi connectivity index (χ0v) is 13.3. The molecule has 1 heterocycles. The maximum Gasteiger partial charge on any atom is 0.329 e. The second kappa shape index (κ2) is 5.80. The van der Waals surface area contributed by atoms with Crippen LogP contribution in [0.3, 0.4) is 0 Å². The van der Waals surface area contributed by atoms with Crippen LogP contribution in [0.4, 0.5) is 0 Å². The van der Waals surface area contributed by atoms with Crippen molar-refractivity contribution in [3.05, 3.63) is 30.5 Å². The Morgan fingerprint density at radius 3 is 2.62 bits per heavy atom. The predicted molar refractivity (Wildman–Crippen MR) is 83.7 cm³/mol. The van der Waals surface area contributed by atoms with Gasteiger partial charge in [0, 0.05) is 17.1 Å². The van der Waals surface area contributed by atoms with E-state index in [1.165, 1.54) is 0 Å². The first-order valence-corrected chi connectivity index (χ1v) is 7.28. The fraction of sp³-hybridized carbons (Fsp3) is 0.471. The molecule has 0 amide bonds. The number of carbonyl (C=O) groups is 1. The number of carbonyl (C=O) groups excluding carboxylic acids is 1. The maximum atomic E-state index is 12.2. The lowest BCUT2D eigenvalue weighted by atomic mass is 10.2. The van der Waals surface area contributed by atoms with Crippen molar-refractivity contribution in [3.63, 3.8) is 0 Å². The van der Waals surface area contributed by atoms with Crippen LogP contribution in [0.5, 0.6) is 5.75 Å². The molecule has 0 bridgehead atoms. The minimum absolute atomic E-state index is 0.228. The van der Waals surface area contributed by atoms with Crippen LogP contribution in [0.25, 0.3) is 10.9 Å². The molecule has 1 unspecified atom stereocenters. The van der Waals surface area contributed by atoms with Gasteiger partial charge in [-0.2, -0.15) is 0 Å². The standard InChI is InChI=1S/C17H23NO3/c1-6-20-14-7-8-15-13(11-14)9-10-18(15)12(2)16(19)21-17(3,4)5/h7-12H,6H2,1-5H3. The SMILES string of the molecule is CCOc1ccc2c(ccn2C(C)C(=O)OC(C)(C)C)c1. The summed E-state index contributed by atoms with van der Waals surface area (Å²) in [5, 5.41) is 1.05. The number of fused-ring (bicyclic) bond motifs is 1. The van der Waals surface area contributed by atoms with E-state index >= 15 is 0 Å². The van der Waals surface area contributed by atoms with E-state index in [9.17, 15) is 4.79 Å². The topological polar surface area (TPSA) is 40.5 Å². The zero-order chi connectivity index (χ0) is 15.6. The van der Waals surface area contributed by atoms with Crippen molar-refractivity contribution >= 4 is 16.9 Å². The molecule has 1 aromatic carbocycles. The Hall–Kier alpha value is -1.97. The summed E-state index contributed by atoms with van der Waals surface area (Å²) in [7, 11) is 0. The summed E-state index contributed by atoms with van der Waals surface area (Å²) in [4.78, 5) is 12.2. The first kappa shape index (κ1) is 15.4. The van der Waals surface area contributed by atoms with Crippen LogP contribution in [-0.2, 0) is 9.53 Å². The van der Waals surface area contributed by atoms with Crippen molar-refractivity contribution in [1.82, 2.24) is 4.57 Å². The third kappa shape index (κ3) is 3.57. The normalized spacial score (nSPS) is 13.2. The summed E-state index contributed by atoms with van der Waals surface area (Å²) in [6.45, 7) is 10.1. The van der Waals surface area contributed by atoms with E-state index in [4.69, 9.17) is 9.47 Å². The lowest BCUT2D eigenvalue weighted by Gasteiger charge is -2.23. The van der Waals surface area contributed by atoms with Crippen molar-refractivity contribution in [2.75, 3.05) is 6.61 Å². The molecule has 1 atom stereocenters. The summed E-state index contributed by atoms with van der Waals surface area (Å²) >= 11 is 0. The molecule has 4 nitrogen and oxygen atoms in total. The van der Waals surface area contributed by atoms with E-state index < -0.39 is 5.60 Å². The van der Waals surface area contributed by atoms with Crippen molar-refractivity contribution in [2.45, 2.75) is 46.3 Å². The highest BCUT2D eigenvalue weighted by Gasteiger charge is 2.23. The molecular weight excluding hydrogens is 266 g/mol. The first-order chi connectivity index (χ1) is 9.81. The van der Waals surface area contributed by atoms with Gasteiger partial charge < -0.3 is 14.0 Å². The van der Waals surface area contributed by atoms with Gasteiger partial charge in [0.1, 0.15) is 17.4 Å². The summed E-state index contributed by atoms with van der Waals surface area (Å²) in [5.74, 6) is 0.613. The molecule has 0 aliphatic heterocycles. The van der Waals surface area contributed by atoms with E-state index in [-0.39, 0.29) is 12.0 Å². The van der Waals surface area contributed by atoms with Crippen molar-refractivity contribution < 1.29 is 14.3 Å². The van der Waals surface area contributed by atoms with Crippen molar-refractivity contribution in [3.8, 4) is 5.75 Å². The van der Waals surface area contributed by atoms with Gasteiger partial charge in [-0.05, 0) is 58.9 Å². The second-order valence-corrected chi connectivity index (χ2v) is 6.09. The number of ether oxygens (including phenoxy) is 2. The molecule has 2 rings (SSSR count). The van der Waals surface area contributed by atoms with Gasteiger partial charge in [0.25, 0.3) is 0 Å². The van der Waals surface area contributed by atoms with E-state index in [0.29, 0.717) is 6.61 Å². The average molecular weight is 289 g/mol. The third-order valence-corrected chi connectivity index (χ3v) is 3.17. The molecule has 0 aliphatic carbocycles. The van der Waals surface area contributed by atoms with Gasteiger partial charge in [-0.3, -0.25) is 0 Å². The Kier molecular flexibility index (Phi) is 4.26. The molecule has 0 spiro atoms. The van der Waals surface area contributed by atoms with Gasteiger partial charge in [0.05, 0.1) is 6.61 Å². The van der Waals surface area contributed by atoms with Gasteiger partial charge in [0.15, 0.2) is 0 Å². The van der Waals surface area contributed by atoms with Crippen LogP contribution >= 0.6 is 0 Å². The number of hydrogen-bond acceptors (Lipinski definition) is 3. The van der Waals surface area contributed by atoms with Crippen LogP contribution in [0.15, 0.2) is 30.5 Å². The molecule has 0 radical (unpaired) electrons. The quantitative estimate of drug-likeness (QED) is 0.800. The Balaban J connectivity index is 2.28. The molecule has 4 heteroatoms. The number of rotatable bonds is 4. The lowest BCUT2D eigenvalue weighted by molar-refractivity contribution is -0.158. The molecule has 0 saturated heterocycles. The van der Waals surface area contributed by atoms with E-state index in [1.807, 2.05) is 69.6 Å². The Labute approximate surface area is 125 Å². The summed E-state index contributed by atoms with van der Waals surface area (Å²) in [6.07, 6.45) is 1.91. The Morgan fingerprint density at radius 2 is 2.00 bits per heavy atom. The van der Waals surface area contributed by atoms with Gasteiger partial charge in [0.2, 0.25) is 0 Å². The minimum Gasteiger partial charge on any atom is -0.494 e. The van der Waals surface area contributed by atoms with Crippen LogP contribution in [-0.4, -0.2) is 22.7 Å². The molecular formula is C17H23NO3. The number of esters is 1. The average Bonchev–Trinajstić information content (AvgIpc) is 2.79. The van der Waals surface area contributed by atoms with Crippen molar-refractivity contribution in [2.24, 2.45) is 0 Å². The van der Waals surface area contributed by atoms with Gasteiger partial charge >= 0.3 is 5.97 Å². The van der Waals surface area contributed by atoms with Crippen LogP contribution in [0, 0.1) is 0 Å². The second-order valence-electron chi connectivity index (χ2n) is 6.09. The summed E-state index contributed by atoms with van der Waals surface area (Å²) < 4.78 is 12.9. The van der Waals surface area contributed by atoms with E-state index in [1.54, 1.807) is 0 Å². The minimum atomic E-state index is -0.476. The van der Waals surface area contributed by atoms with E-state index in [2.05, 4.69) is 0 Å². The van der Waals surface area contributed by atoms with Crippen LogP contribution < -0.4 is 4.74 Å². The monoisotopic (exact) mass is 289 g/mol. The van der Waals surface area contributed by atoms with E-state index in [0.717, 1.165) is 16.7 Å². The molecule has 0 aliphatic rings. The Bertz CT molecular complexity index is 637. The van der Waals surface area contributed by atoms with Crippen LogP contribution in [0.2, 0.25) is 0 Å². The molecule has 0 fully saturated rings. The highest BCUT2D eigenvalue weighted by molar-refractivity contribution is 5.84. The number of hydrogen-bond donors (Lipinski definition) is 0. The number of aromatic nitrogens is 1. The Morgan fingerprint density at radius 1 is 1.29 bits per heavy atom. The van der Waals surface area contributed by atoms with Gasteiger partial charge in [-0.15, -0.1) is 0 Å². The van der Waals surface area contributed by atoms with Crippen molar-refractivity contribution in [1.29, 1.82) is 0 Å². The van der Waals surface area contributed by atoms with Gasteiger partial charge in [-0.1, -0.05) is 0 Å². The third-order valence-electron chi connectivity index (χ3n) is 3.17. The predicted octanol–water partition coefficient (Wildman–Crippen LogP) is 3.94. The van der Waals surface area contributed by atoms with Crippen LogP contribution in [0.1, 0.15) is 40.7 Å². The molecule has 1 aromatic heterocycles. The molecule has 0 N–H and O–H groups in total. The summed E-state index contributed by atoms with van der Waals surface area (Å²) in [5.41, 5.74) is 0.521. The molecule has 114 valence electrons. The first-order valence-electron chi connectivity index (χ1n) is 7.28. The smallest absolute Gasteiger partial charge is 0.329 e. The maximum absolute atomic E-state index is 12.2. The summed E-state index contributed by atoms with van der Waals surface area (Å²) in [6, 6.07) is 7.50. The highest BCUT2D eigenvalue weighted by Crippen LogP contribution is 2.26. The molecule has 2 aromatic rings. The fourth-order valence-corrected chi connectivity index (χ4v) is 2.24. The largest absolute Gasteiger partial charge is 0.494 e. The fourth-order valence-electron chi connectivity index (χ4n) is 2.24. The zero-order valence-electron chi connectivity index (χ0n) is 13.3.